The zero-order chi connectivity index (χ0) is 20.7. The molecule has 1 amide bonds. The predicted octanol–water partition coefficient (Wildman–Crippen LogP) is 3.81. The van der Waals surface area contributed by atoms with Crippen LogP contribution in [0.4, 0.5) is 24.5 Å². The van der Waals surface area contributed by atoms with Crippen LogP contribution in [-0.2, 0) is 20.5 Å². The van der Waals surface area contributed by atoms with E-state index in [9.17, 15) is 32.9 Å². The van der Waals surface area contributed by atoms with Gasteiger partial charge >= 0.3 is 12.1 Å². The van der Waals surface area contributed by atoms with E-state index in [4.69, 9.17) is 4.74 Å². The summed E-state index contributed by atoms with van der Waals surface area (Å²) in [5.41, 5.74) is -0.319. The number of nitrogens with one attached hydrogen (secondary N) is 1. The smallest absolute Gasteiger partial charge is 0.416 e. The Morgan fingerprint density at radius 3 is 2.21 bits per heavy atom. The molecule has 1 N–H and O–H groups in total. The van der Waals surface area contributed by atoms with Crippen molar-refractivity contribution in [3.8, 4) is 0 Å². The van der Waals surface area contributed by atoms with Gasteiger partial charge in [-0.25, -0.2) is 4.79 Å². The molecule has 2 aromatic rings. The first-order valence-corrected chi connectivity index (χ1v) is 7.71. The molecule has 0 saturated heterocycles. The average Bonchev–Trinajstić information content (AvgIpc) is 2.64. The summed E-state index contributed by atoms with van der Waals surface area (Å²) in [4.78, 5) is 33.2. The summed E-state index contributed by atoms with van der Waals surface area (Å²) in [7, 11) is 0. The molecule has 7 nitrogen and oxygen atoms in total. The molecule has 2 rings (SSSR count). The van der Waals surface area contributed by atoms with E-state index in [1.54, 1.807) is 0 Å². The minimum atomic E-state index is -4.48. The number of alkyl halides is 3. The van der Waals surface area contributed by atoms with E-state index in [-0.39, 0.29) is 11.4 Å². The number of benzene rings is 2. The van der Waals surface area contributed by atoms with Gasteiger partial charge in [-0.2, -0.15) is 13.2 Å². The third-order valence-electron chi connectivity index (χ3n) is 3.36. The van der Waals surface area contributed by atoms with E-state index >= 15 is 0 Å². The van der Waals surface area contributed by atoms with Gasteiger partial charge in [0.2, 0.25) is 0 Å². The number of hydrogen-bond acceptors (Lipinski definition) is 5. The van der Waals surface area contributed by atoms with Crippen LogP contribution in [0, 0.1) is 10.1 Å². The maximum absolute atomic E-state index is 12.5. The summed E-state index contributed by atoms with van der Waals surface area (Å²) in [6.45, 7) is -0.634. The molecule has 2 aromatic carbocycles. The molecular weight excluding hydrogens is 381 g/mol. The SMILES string of the molecule is O=C(COC(=O)/C=C/c1ccc([N+](=O)[O-])cc1)Nc1ccc(C(F)(F)F)cc1. The highest BCUT2D eigenvalue weighted by atomic mass is 19.4. The molecule has 0 bridgehead atoms. The van der Waals surface area contributed by atoms with Crippen molar-refractivity contribution in [3.63, 3.8) is 0 Å². The van der Waals surface area contributed by atoms with Crippen LogP contribution in [0.1, 0.15) is 11.1 Å². The van der Waals surface area contributed by atoms with Crippen molar-refractivity contribution >= 4 is 29.3 Å². The van der Waals surface area contributed by atoms with Crippen LogP contribution >= 0.6 is 0 Å². The largest absolute Gasteiger partial charge is 0.452 e. The summed E-state index contributed by atoms with van der Waals surface area (Å²) in [6, 6.07) is 9.18. The van der Waals surface area contributed by atoms with E-state index in [0.29, 0.717) is 5.56 Å². The Hall–Kier alpha value is -3.69. The molecule has 0 radical (unpaired) electrons. The molecule has 28 heavy (non-hydrogen) atoms. The van der Waals surface area contributed by atoms with Crippen LogP contribution in [0.5, 0.6) is 0 Å². The van der Waals surface area contributed by atoms with Crippen molar-refractivity contribution in [1.29, 1.82) is 0 Å². The molecule has 0 aliphatic rings. The van der Waals surface area contributed by atoms with Gasteiger partial charge in [0.15, 0.2) is 6.61 Å². The topological polar surface area (TPSA) is 98.5 Å². The monoisotopic (exact) mass is 394 g/mol. The number of halogens is 3. The molecule has 0 fully saturated rings. The number of non-ortho nitro benzene ring substituents is 1. The van der Waals surface area contributed by atoms with Crippen LogP contribution < -0.4 is 5.32 Å². The predicted molar refractivity (Wildman–Crippen MR) is 93.2 cm³/mol. The number of anilines is 1. The number of nitrogens with zero attached hydrogens (tertiary/aromatic N) is 1. The fourth-order valence-corrected chi connectivity index (χ4v) is 2.00. The number of hydrogen-bond donors (Lipinski definition) is 1. The number of rotatable bonds is 6. The van der Waals surface area contributed by atoms with Crippen LogP contribution in [0.3, 0.4) is 0 Å². The van der Waals surface area contributed by atoms with Crippen LogP contribution in [0.25, 0.3) is 6.08 Å². The highest BCUT2D eigenvalue weighted by Gasteiger charge is 2.29. The molecule has 146 valence electrons. The van der Waals surface area contributed by atoms with Gasteiger partial charge in [0, 0.05) is 23.9 Å². The van der Waals surface area contributed by atoms with Crippen molar-refractivity contribution in [2.24, 2.45) is 0 Å². The quantitative estimate of drug-likeness (QED) is 0.348. The van der Waals surface area contributed by atoms with Crippen LogP contribution in [-0.4, -0.2) is 23.4 Å². The fourth-order valence-electron chi connectivity index (χ4n) is 2.00. The zero-order valence-electron chi connectivity index (χ0n) is 14.1. The molecule has 10 heteroatoms. The first-order chi connectivity index (χ1) is 13.1. The van der Waals surface area contributed by atoms with Crippen molar-refractivity contribution < 1.29 is 32.4 Å². The van der Waals surface area contributed by atoms with E-state index in [1.807, 2.05) is 0 Å². The lowest BCUT2D eigenvalue weighted by atomic mass is 10.2. The van der Waals surface area contributed by atoms with Gasteiger partial charge in [0.05, 0.1) is 10.5 Å². The lowest BCUT2D eigenvalue weighted by Crippen LogP contribution is -2.20. The second kappa shape index (κ2) is 8.80. The van der Waals surface area contributed by atoms with Gasteiger partial charge in [0.1, 0.15) is 0 Å². The van der Waals surface area contributed by atoms with E-state index in [0.717, 1.165) is 30.3 Å². The number of carbonyl (C=O) groups excluding carboxylic acids is 2. The lowest BCUT2D eigenvalue weighted by Gasteiger charge is -2.08. The normalized spacial score (nSPS) is 11.2. The fraction of sp³-hybridized carbons (Fsp3) is 0.111. The van der Waals surface area contributed by atoms with Gasteiger partial charge in [-0.05, 0) is 48.0 Å². The Bertz CT molecular complexity index is 891. The van der Waals surface area contributed by atoms with Crippen molar-refractivity contribution in [3.05, 3.63) is 75.8 Å². The van der Waals surface area contributed by atoms with E-state index in [2.05, 4.69) is 5.32 Å². The zero-order valence-corrected chi connectivity index (χ0v) is 14.1. The Morgan fingerprint density at radius 1 is 1.07 bits per heavy atom. The summed E-state index contributed by atoms with van der Waals surface area (Å²) < 4.78 is 42.1. The molecule has 0 heterocycles. The molecule has 0 unspecified atom stereocenters. The Balaban J connectivity index is 1.81. The number of nitro groups is 1. The highest BCUT2D eigenvalue weighted by molar-refractivity contribution is 5.94. The molecule has 0 aliphatic heterocycles. The molecule has 0 atom stereocenters. The molecule has 0 aromatic heterocycles. The summed E-state index contributed by atoms with van der Waals surface area (Å²) in [5, 5.41) is 12.8. The lowest BCUT2D eigenvalue weighted by molar-refractivity contribution is -0.384. The average molecular weight is 394 g/mol. The number of nitro benzene ring substituents is 1. The standard InChI is InChI=1S/C18H13F3N2O5/c19-18(20,21)13-4-6-14(7-5-13)22-16(24)11-28-17(25)10-3-12-1-8-15(9-2-12)23(26)27/h1-10H,11H2,(H,22,24)/b10-3+. The Morgan fingerprint density at radius 2 is 1.68 bits per heavy atom. The maximum Gasteiger partial charge on any atom is 0.416 e. The molecule has 0 saturated carbocycles. The van der Waals surface area contributed by atoms with Crippen LogP contribution in [0.15, 0.2) is 54.6 Å². The van der Waals surface area contributed by atoms with Crippen molar-refractivity contribution in [2.45, 2.75) is 6.18 Å². The Kier molecular flexibility index (Phi) is 6.48. The van der Waals surface area contributed by atoms with E-state index < -0.39 is 35.1 Å². The number of ether oxygens (including phenoxy) is 1. The summed E-state index contributed by atoms with van der Waals surface area (Å²) >= 11 is 0. The molecule has 0 spiro atoms. The van der Waals surface area contributed by atoms with Gasteiger partial charge in [-0.1, -0.05) is 0 Å². The van der Waals surface area contributed by atoms with Gasteiger partial charge < -0.3 is 10.1 Å². The van der Waals surface area contributed by atoms with Gasteiger partial charge in [-0.3, -0.25) is 14.9 Å². The van der Waals surface area contributed by atoms with Crippen LogP contribution in [0.2, 0.25) is 0 Å². The second-order valence-corrected chi connectivity index (χ2v) is 5.41. The third kappa shape index (κ3) is 6.24. The molecule has 0 aliphatic carbocycles. The Labute approximate surface area is 156 Å². The summed E-state index contributed by atoms with van der Waals surface area (Å²) in [6.07, 6.45) is -2.10. The third-order valence-corrected chi connectivity index (χ3v) is 3.36. The number of carbonyl (C=O) groups is 2. The van der Waals surface area contributed by atoms with Gasteiger partial charge in [-0.15, -0.1) is 0 Å². The number of esters is 1. The van der Waals surface area contributed by atoms with E-state index in [1.165, 1.54) is 30.3 Å². The van der Waals surface area contributed by atoms with Crippen molar-refractivity contribution in [2.75, 3.05) is 11.9 Å². The maximum atomic E-state index is 12.5. The summed E-state index contributed by atoms with van der Waals surface area (Å²) in [5.74, 6) is -1.56. The minimum Gasteiger partial charge on any atom is -0.452 e. The second-order valence-electron chi connectivity index (χ2n) is 5.41. The first-order valence-electron chi connectivity index (χ1n) is 7.71. The number of amides is 1. The highest BCUT2D eigenvalue weighted by Crippen LogP contribution is 2.29. The van der Waals surface area contributed by atoms with Crippen molar-refractivity contribution in [1.82, 2.24) is 0 Å². The minimum absolute atomic E-state index is 0.0975. The molecular formula is C18H13F3N2O5. The van der Waals surface area contributed by atoms with Gasteiger partial charge in [0.25, 0.3) is 11.6 Å². The first kappa shape index (κ1) is 20.6.